The third-order valence-electron chi connectivity index (χ3n) is 4.35. The molecule has 3 rings (SSSR count). The van der Waals surface area contributed by atoms with E-state index < -0.39 is 6.10 Å². The highest BCUT2D eigenvalue weighted by Crippen LogP contribution is 2.27. The minimum Gasteiger partial charge on any atom is -0.481 e. The summed E-state index contributed by atoms with van der Waals surface area (Å²) in [6.07, 6.45) is 1.45. The van der Waals surface area contributed by atoms with E-state index in [0.29, 0.717) is 5.92 Å². The van der Waals surface area contributed by atoms with E-state index in [0.717, 1.165) is 43.1 Å². The third kappa shape index (κ3) is 3.73. The smallest absolute Gasteiger partial charge is 0.263 e. The van der Waals surface area contributed by atoms with Crippen LogP contribution in [-0.4, -0.2) is 40.2 Å². The summed E-state index contributed by atoms with van der Waals surface area (Å²) in [6.45, 7) is 5.35. The molecule has 2 aromatic rings. The predicted molar refractivity (Wildman–Crippen MR) is 88.4 cm³/mol. The van der Waals surface area contributed by atoms with Gasteiger partial charge in [0.25, 0.3) is 5.91 Å². The van der Waals surface area contributed by atoms with Gasteiger partial charge in [0.1, 0.15) is 5.75 Å². The van der Waals surface area contributed by atoms with E-state index in [9.17, 15) is 4.79 Å². The van der Waals surface area contributed by atoms with Gasteiger partial charge in [0, 0.05) is 24.7 Å². The van der Waals surface area contributed by atoms with Crippen molar-refractivity contribution < 1.29 is 9.53 Å². The number of nitrogens with one attached hydrogen (secondary N) is 1. The molecule has 1 atom stereocenters. The first-order valence-corrected chi connectivity index (χ1v) is 8.16. The zero-order chi connectivity index (χ0) is 16.2. The van der Waals surface area contributed by atoms with Crippen LogP contribution in [0.4, 0.5) is 0 Å². The summed E-state index contributed by atoms with van der Waals surface area (Å²) in [5.74, 6) is 1.23. The molecule has 1 aromatic heterocycles. The number of carbonyl (C=O) groups excluding carboxylic acids is 1. The predicted octanol–water partition coefficient (Wildman–Crippen LogP) is 2.89. The summed E-state index contributed by atoms with van der Waals surface area (Å²) in [4.78, 5) is 14.4. The lowest BCUT2D eigenvalue weighted by molar-refractivity contribution is -0.139. The van der Waals surface area contributed by atoms with E-state index in [1.165, 1.54) is 0 Å². The number of nitrogens with zero attached hydrogens (tertiary/aromatic N) is 2. The number of carbonyl (C=O) groups is 1. The van der Waals surface area contributed by atoms with Crippen LogP contribution in [-0.2, 0) is 4.79 Å². The van der Waals surface area contributed by atoms with Gasteiger partial charge in [-0.25, -0.2) is 0 Å². The van der Waals surface area contributed by atoms with Crippen LogP contribution in [0.25, 0.3) is 0 Å². The van der Waals surface area contributed by atoms with Gasteiger partial charge in [-0.2, -0.15) is 5.10 Å². The molecule has 0 aliphatic carbocycles. The summed E-state index contributed by atoms with van der Waals surface area (Å²) in [6, 6.07) is 11.6. The van der Waals surface area contributed by atoms with E-state index in [-0.39, 0.29) is 5.91 Å². The van der Waals surface area contributed by atoms with Crippen molar-refractivity contribution in [2.75, 3.05) is 13.1 Å². The summed E-state index contributed by atoms with van der Waals surface area (Å²) in [5.41, 5.74) is 2.20. The van der Waals surface area contributed by atoms with Crippen molar-refractivity contribution in [3.63, 3.8) is 0 Å². The van der Waals surface area contributed by atoms with Gasteiger partial charge in [0.2, 0.25) is 0 Å². The summed E-state index contributed by atoms with van der Waals surface area (Å²) in [5, 5.41) is 7.34. The van der Waals surface area contributed by atoms with Crippen LogP contribution in [0.1, 0.15) is 37.1 Å². The number of hydrogen-bond donors (Lipinski definition) is 1. The molecule has 0 saturated carbocycles. The van der Waals surface area contributed by atoms with Gasteiger partial charge in [-0.05, 0) is 44.9 Å². The van der Waals surface area contributed by atoms with Crippen molar-refractivity contribution >= 4 is 5.91 Å². The zero-order valence-corrected chi connectivity index (χ0v) is 13.7. The molecule has 1 N–H and O–H groups in total. The van der Waals surface area contributed by atoms with E-state index in [4.69, 9.17) is 4.74 Å². The lowest BCUT2D eigenvalue weighted by Crippen LogP contribution is -2.44. The second-order valence-corrected chi connectivity index (χ2v) is 6.15. The molecule has 1 aromatic carbocycles. The molecule has 0 unspecified atom stereocenters. The first-order chi connectivity index (χ1) is 11.1. The number of H-pyrrole nitrogens is 1. The Balaban J connectivity index is 1.53. The molecule has 0 spiro atoms. The van der Waals surface area contributed by atoms with Gasteiger partial charge in [-0.1, -0.05) is 18.2 Å². The Bertz CT molecular complexity index is 645. The Morgan fingerprint density at radius 1 is 1.30 bits per heavy atom. The van der Waals surface area contributed by atoms with Crippen LogP contribution >= 0.6 is 0 Å². The minimum absolute atomic E-state index is 0.0607. The Morgan fingerprint density at radius 3 is 2.61 bits per heavy atom. The maximum atomic E-state index is 12.5. The van der Waals surface area contributed by atoms with Crippen LogP contribution in [0.3, 0.4) is 0 Å². The van der Waals surface area contributed by atoms with Crippen LogP contribution in [0.2, 0.25) is 0 Å². The number of likely N-dealkylation sites (tertiary alicyclic amines) is 1. The van der Waals surface area contributed by atoms with Crippen LogP contribution in [0.15, 0.2) is 36.4 Å². The zero-order valence-electron chi connectivity index (χ0n) is 13.7. The summed E-state index contributed by atoms with van der Waals surface area (Å²) < 4.78 is 5.74. The number of benzene rings is 1. The lowest BCUT2D eigenvalue weighted by atomic mass is 9.93. The highest BCUT2D eigenvalue weighted by atomic mass is 16.5. The van der Waals surface area contributed by atoms with Crippen molar-refractivity contribution in [1.29, 1.82) is 0 Å². The fourth-order valence-electron chi connectivity index (χ4n) is 3.05. The maximum absolute atomic E-state index is 12.5. The number of aryl methyl sites for hydroxylation is 1. The highest BCUT2D eigenvalue weighted by Gasteiger charge is 2.28. The van der Waals surface area contributed by atoms with Gasteiger partial charge in [0.05, 0.1) is 5.69 Å². The van der Waals surface area contributed by atoms with E-state index in [1.54, 1.807) is 0 Å². The summed E-state index contributed by atoms with van der Waals surface area (Å²) in [7, 11) is 0. The lowest BCUT2D eigenvalue weighted by Gasteiger charge is -2.32. The van der Waals surface area contributed by atoms with Gasteiger partial charge >= 0.3 is 0 Å². The van der Waals surface area contributed by atoms with E-state index >= 15 is 0 Å². The Morgan fingerprint density at radius 2 is 2.00 bits per heavy atom. The molecular weight excluding hydrogens is 290 g/mol. The molecule has 1 aliphatic heterocycles. The summed E-state index contributed by atoms with van der Waals surface area (Å²) >= 11 is 0. The fourth-order valence-corrected chi connectivity index (χ4v) is 3.05. The van der Waals surface area contributed by atoms with Crippen molar-refractivity contribution in [2.24, 2.45) is 0 Å². The molecule has 1 saturated heterocycles. The van der Waals surface area contributed by atoms with Crippen molar-refractivity contribution in [2.45, 2.75) is 38.7 Å². The Labute approximate surface area is 136 Å². The second-order valence-electron chi connectivity index (χ2n) is 6.15. The molecule has 1 aliphatic rings. The quantitative estimate of drug-likeness (QED) is 0.944. The monoisotopic (exact) mass is 313 g/mol. The number of aromatic nitrogens is 2. The van der Waals surface area contributed by atoms with Crippen molar-refractivity contribution in [3.8, 4) is 5.75 Å². The van der Waals surface area contributed by atoms with Crippen molar-refractivity contribution in [3.05, 3.63) is 47.8 Å². The van der Waals surface area contributed by atoms with Crippen molar-refractivity contribution in [1.82, 2.24) is 15.1 Å². The molecule has 2 heterocycles. The molecular formula is C18H23N3O2. The number of rotatable bonds is 4. The molecule has 1 amide bonds. The highest BCUT2D eigenvalue weighted by molar-refractivity contribution is 5.81. The van der Waals surface area contributed by atoms with Crippen LogP contribution in [0, 0.1) is 6.92 Å². The number of hydrogen-bond acceptors (Lipinski definition) is 3. The molecule has 5 nitrogen and oxygen atoms in total. The molecule has 0 bridgehead atoms. The Kier molecular flexibility index (Phi) is 4.65. The number of amides is 1. The number of ether oxygens (including phenoxy) is 1. The minimum atomic E-state index is -0.457. The Hall–Kier alpha value is -2.30. The van der Waals surface area contributed by atoms with Gasteiger partial charge in [0.15, 0.2) is 6.10 Å². The van der Waals surface area contributed by atoms with E-state index in [1.807, 2.05) is 49.1 Å². The van der Waals surface area contributed by atoms with Gasteiger partial charge in [-0.3, -0.25) is 9.89 Å². The first kappa shape index (κ1) is 15.6. The molecule has 5 heteroatoms. The van der Waals surface area contributed by atoms with Gasteiger partial charge in [-0.15, -0.1) is 0 Å². The van der Waals surface area contributed by atoms with Crippen LogP contribution < -0.4 is 4.74 Å². The fraction of sp³-hybridized carbons (Fsp3) is 0.444. The molecule has 122 valence electrons. The average molecular weight is 313 g/mol. The van der Waals surface area contributed by atoms with Gasteiger partial charge < -0.3 is 9.64 Å². The first-order valence-electron chi connectivity index (χ1n) is 8.16. The van der Waals surface area contributed by atoms with Crippen LogP contribution in [0.5, 0.6) is 5.75 Å². The SMILES string of the molecule is Cc1cc(C2CCN(C(=O)[C@@H](C)Oc3ccccc3)CC2)n[nH]1. The standard InChI is InChI=1S/C18H23N3O2/c1-13-12-17(20-19-13)15-8-10-21(11-9-15)18(22)14(2)23-16-6-4-3-5-7-16/h3-7,12,14-15H,8-11H2,1-2H3,(H,19,20)/t14-/m1/s1. The second kappa shape index (κ2) is 6.86. The maximum Gasteiger partial charge on any atom is 0.263 e. The number of piperidine rings is 1. The number of para-hydroxylation sites is 1. The van der Waals surface area contributed by atoms with E-state index in [2.05, 4.69) is 16.3 Å². The number of aromatic amines is 1. The normalized spacial score (nSPS) is 17.0. The molecule has 0 radical (unpaired) electrons. The largest absolute Gasteiger partial charge is 0.481 e. The topological polar surface area (TPSA) is 58.2 Å². The third-order valence-corrected chi connectivity index (χ3v) is 4.35. The molecule has 23 heavy (non-hydrogen) atoms. The average Bonchev–Trinajstić information content (AvgIpc) is 3.02. The molecule has 1 fully saturated rings.